The summed E-state index contributed by atoms with van der Waals surface area (Å²) in [6.07, 6.45) is 10.7. The van der Waals surface area contributed by atoms with Crippen LogP contribution in [0.4, 0.5) is 0 Å². The van der Waals surface area contributed by atoms with E-state index in [4.69, 9.17) is 4.98 Å². The Hall–Kier alpha value is -3.14. The van der Waals surface area contributed by atoms with Crippen LogP contribution < -0.4 is 0 Å². The minimum atomic E-state index is -0.337. The molecule has 0 amide bonds. The van der Waals surface area contributed by atoms with Gasteiger partial charge < -0.3 is 5.11 Å². The molecule has 247 valence electrons. The first kappa shape index (κ1) is 37.3. The molecule has 4 aromatic rings. The molecule has 0 spiro atoms. The SMILES string of the molecule is CC(C)(C)c1cc(-c2cc3c(cn2)CCc2ncccc2-3)[c-]c2ccccc12.CCC(C)(CC)C(=O)/C=C(\O)C(C)(CC)CC.[Ir]. The van der Waals surface area contributed by atoms with E-state index in [0.717, 1.165) is 55.2 Å². The number of carbonyl (C=O) groups is 1. The molecule has 0 atom stereocenters. The van der Waals surface area contributed by atoms with Crippen LogP contribution >= 0.6 is 0 Å². The Balaban J connectivity index is 0.000000280. The second-order valence-electron chi connectivity index (χ2n) is 14.0. The number of ketones is 1. The first-order valence-corrected chi connectivity index (χ1v) is 16.6. The first-order chi connectivity index (χ1) is 21.3. The van der Waals surface area contributed by atoms with Gasteiger partial charge in [-0.25, -0.2) is 0 Å². The fraction of sp³-hybridized carbons (Fsp3) is 0.439. The molecule has 4 nitrogen and oxygen atoms in total. The van der Waals surface area contributed by atoms with Gasteiger partial charge in [0.05, 0.1) is 0 Å². The van der Waals surface area contributed by atoms with Crippen LogP contribution in [-0.4, -0.2) is 20.9 Å². The van der Waals surface area contributed by atoms with Crippen molar-refractivity contribution in [3.05, 3.63) is 95.6 Å². The van der Waals surface area contributed by atoms with Gasteiger partial charge in [-0.05, 0) is 61.1 Å². The van der Waals surface area contributed by atoms with Crippen molar-refractivity contribution in [1.29, 1.82) is 0 Å². The molecule has 1 aliphatic carbocycles. The number of allylic oxidation sites excluding steroid dienone is 2. The number of fused-ring (bicyclic) bond motifs is 4. The summed E-state index contributed by atoms with van der Waals surface area (Å²) in [5, 5.41) is 12.5. The number of hydrogen-bond acceptors (Lipinski definition) is 4. The summed E-state index contributed by atoms with van der Waals surface area (Å²) in [6.45, 7) is 18.9. The van der Waals surface area contributed by atoms with E-state index in [1.165, 1.54) is 39.4 Å². The summed E-state index contributed by atoms with van der Waals surface area (Å²) in [7, 11) is 0. The van der Waals surface area contributed by atoms with Crippen LogP contribution in [0.15, 0.2) is 72.8 Å². The van der Waals surface area contributed by atoms with Crippen LogP contribution in [0.5, 0.6) is 0 Å². The third kappa shape index (κ3) is 7.86. The van der Waals surface area contributed by atoms with Gasteiger partial charge in [0, 0.05) is 66.4 Å². The molecular weight excluding hydrogens is 745 g/mol. The van der Waals surface area contributed by atoms with Crippen molar-refractivity contribution in [3.63, 3.8) is 0 Å². The number of carbonyl (C=O) groups excluding carboxylic acids is 1. The maximum absolute atomic E-state index is 12.2. The number of hydrogen-bond donors (Lipinski definition) is 1. The number of aromatic nitrogens is 2. The zero-order chi connectivity index (χ0) is 33.0. The molecule has 46 heavy (non-hydrogen) atoms. The monoisotopic (exact) mass is 796 g/mol. The molecule has 5 heteroatoms. The predicted molar refractivity (Wildman–Crippen MR) is 188 cm³/mol. The topological polar surface area (TPSA) is 63.1 Å². The van der Waals surface area contributed by atoms with E-state index in [1.54, 1.807) is 0 Å². The predicted octanol–water partition coefficient (Wildman–Crippen LogP) is 10.8. The molecular formula is C41H51IrN2O2-. The Morgan fingerprint density at radius 3 is 2.13 bits per heavy atom. The van der Waals surface area contributed by atoms with E-state index >= 15 is 0 Å². The molecule has 2 heterocycles. The van der Waals surface area contributed by atoms with Gasteiger partial charge in [0.25, 0.3) is 0 Å². The Labute approximate surface area is 290 Å². The average Bonchev–Trinajstić information content (AvgIpc) is 3.06. The third-order valence-corrected chi connectivity index (χ3v) is 10.3. The molecule has 1 aliphatic rings. The van der Waals surface area contributed by atoms with Crippen molar-refractivity contribution in [2.45, 2.75) is 106 Å². The number of pyridine rings is 2. The standard InChI is InChI=1S/C26H23N2.C15H28O2.Ir/c1-26(2,3)23-14-19(13-17-7-4-5-8-20(17)23)25-15-22-18(16-28-25)10-11-24-21(22)9-6-12-27-24;1-7-14(5,8-2)12(16)11-13(17)15(6,9-3)10-4;/h4-9,12,14-16H,10-11H2,1-3H3;11,16H,7-10H2,1-6H3;/q-1;;/b;12-11-;. The zero-order valence-electron chi connectivity index (χ0n) is 29.2. The molecule has 2 aromatic carbocycles. The summed E-state index contributed by atoms with van der Waals surface area (Å²) < 4.78 is 0. The van der Waals surface area contributed by atoms with Crippen molar-refractivity contribution < 1.29 is 30.0 Å². The van der Waals surface area contributed by atoms with Crippen LogP contribution in [0.2, 0.25) is 0 Å². The Morgan fingerprint density at radius 1 is 0.848 bits per heavy atom. The van der Waals surface area contributed by atoms with E-state index in [1.807, 2.05) is 60.0 Å². The van der Waals surface area contributed by atoms with Gasteiger partial charge in [-0.15, -0.1) is 29.1 Å². The van der Waals surface area contributed by atoms with Crippen LogP contribution in [0, 0.1) is 16.9 Å². The maximum atomic E-state index is 12.2. The second-order valence-corrected chi connectivity index (χ2v) is 14.0. The van der Waals surface area contributed by atoms with Gasteiger partial charge in [-0.3, -0.25) is 14.8 Å². The Kier molecular flexibility index (Phi) is 12.3. The van der Waals surface area contributed by atoms with Crippen LogP contribution in [0.3, 0.4) is 0 Å². The summed E-state index contributed by atoms with van der Waals surface area (Å²) >= 11 is 0. The Morgan fingerprint density at radius 2 is 1.50 bits per heavy atom. The smallest absolute Gasteiger partial charge is 0.164 e. The number of aryl methyl sites for hydroxylation is 2. The average molecular weight is 796 g/mol. The van der Waals surface area contributed by atoms with Crippen LogP contribution in [0.1, 0.15) is 105 Å². The molecule has 0 bridgehead atoms. The molecule has 2 aromatic heterocycles. The van der Waals surface area contributed by atoms with E-state index in [9.17, 15) is 9.90 Å². The fourth-order valence-electron chi connectivity index (χ4n) is 5.89. The molecule has 0 saturated carbocycles. The Bertz CT molecular complexity index is 1690. The van der Waals surface area contributed by atoms with Crippen molar-refractivity contribution in [1.82, 2.24) is 9.97 Å². The van der Waals surface area contributed by atoms with E-state index in [0.29, 0.717) is 0 Å². The maximum Gasteiger partial charge on any atom is 0.164 e. The molecule has 5 rings (SSSR count). The van der Waals surface area contributed by atoms with Crippen molar-refractivity contribution >= 4 is 16.6 Å². The number of aliphatic hydroxyl groups is 1. The summed E-state index contributed by atoms with van der Waals surface area (Å²) in [6, 6.07) is 20.8. The third-order valence-electron chi connectivity index (χ3n) is 10.3. The molecule has 0 fully saturated rings. The number of rotatable bonds is 8. The fourth-order valence-corrected chi connectivity index (χ4v) is 5.89. The van der Waals surface area contributed by atoms with Crippen molar-refractivity contribution in [2.24, 2.45) is 10.8 Å². The van der Waals surface area contributed by atoms with Crippen LogP contribution in [-0.2, 0) is 43.2 Å². The zero-order valence-corrected chi connectivity index (χ0v) is 31.6. The van der Waals surface area contributed by atoms with Crippen LogP contribution in [0.25, 0.3) is 33.2 Å². The van der Waals surface area contributed by atoms with E-state index in [2.05, 4.69) is 74.3 Å². The van der Waals surface area contributed by atoms with Gasteiger partial charge >= 0.3 is 0 Å². The quantitative estimate of drug-likeness (QED) is 0.110. The molecule has 0 unspecified atom stereocenters. The van der Waals surface area contributed by atoms with Gasteiger partial charge in [-0.1, -0.05) is 104 Å². The largest absolute Gasteiger partial charge is 0.512 e. The normalized spacial score (nSPS) is 13.2. The number of aliphatic hydroxyl groups excluding tert-OH is 1. The van der Waals surface area contributed by atoms with Gasteiger partial charge in [0.15, 0.2) is 5.78 Å². The van der Waals surface area contributed by atoms with Crippen molar-refractivity contribution in [3.8, 4) is 22.4 Å². The minimum absolute atomic E-state index is 0. The number of benzene rings is 2. The second kappa shape index (κ2) is 15.2. The van der Waals surface area contributed by atoms with Gasteiger partial charge in [0.2, 0.25) is 0 Å². The van der Waals surface area contributed by atoms with E-state index in [-0.39, 0.29) is 47.9 Å². The molecule has 1 N–H and O–H groups in total. The van der Waals surface area contributed by atoms with Crippen molar-refractivity contribution in [2.75, 3.05) is 0 Å². The van der Waals surface area contributed by atoms with Gasteiger partial charge in [0.1, 0.15) is 5.76 Å². The molecule has 1 radical (unpaired) electrons. The summed E-state index contributed by atoms with van der Waals surface area (Å²) in [5.41, 5.74) is 7.81. The first-order valence-electron chi connectivity index (χ1n) is 16.6. The van der Waals surface area contributed by atoms with E-state index < -0.39 is 0 Å². The molecule has 0 aliphatic heterocycles. The number of nitrogens with zero attached hydrogens (tertiary/aromatic N) is 2. The summed E-state index contributed by atoms with van der Waals surface area (Å²) in [4.78, 5) is 21.6. The minimum Gasteiger partial charge on any atom is -0.512 e. The molecule has 0 saturated heterocycles. The summed E-state index contributed by atoms with van der Waals surface area (Å²) in [5.74, 6) is 0.286. The van der Waals surface area contributed by atoms with Gasteiger partial charge in [-0.2, -0.15) is 0 Å².